The first-order chi connectivity index (χ1) is 14.2. The molecule has 29 heavy (non-hydrogen) atoms. The van der Waals surface area contributed by atoms with Gasteiger partial charge < -0.3 is 10.2 Å². The Labute approximate surface area is 173 Å². The van der Waals surface area contributed by atoms with Crippen molar-refractivity contribution in [2.75, 3.05) is 32.7 Å². The molecule has 5 heteroatoms. The van der Waals surface area contributed by atoms with Crippen LogP contribution in [0.4, 0.5) is 0 Å². The van der Waals surface area contributed by atoms with E-state index in [0.29, 0.717) is 19.6 Å². The van der Waals surface area contributed by atoms with E-state index < -0.39 is 0 Å². The van der Waals surface area contributed by atoms with Gasteiger partial charge in [-0.05, 0) is 24.5 Å². The number of rotatable bonds is 7. The van der Waals surface area contributed by atoms with Crippen LogP contribution in [-0.4, -0.2) is 48.4 Å². The van der Waals surface area contributed by atoms with Gasteiger partial charge in [-0.1, -0.05) is 60.2 Å². The van der Waals surface area contributed by atoms with Gasteiger partial charge in [0.05, 0.1) is 0 Å². The molecule has 0 radical (unpaired) electrons. The molecule has 3 rings (SSSR count). The summed E-state index contributed by atoms with van der Waals surface area (Å²) >= 11 is 0. The maximum atomic E-state index is 12.7. The van der Waals surface area contributed by atoms with Crippen LogP contribution in [0.1, 0.15) is 16.7 Å². The predicted molar refractivity (Wildman–Crippen MR) is 115 cm³/mol. The number of benzene rings is 2. The zero-order valence-electron chi connectivity index (χ0n) is 17.0. The predicted octanol–water partition coefficient (Wildman–Crippen LogP) is 2.88. The van der Waals surface area contributed by atoms with Gasteiger partial charge in [-0.25, -0.2) is 0 Å². The molecule has 1 N–H and O–H groups in total. The lowest BCUT2D eigenvalue weighted by atomic mass is 10.1. The molecule has 1 amide bonds. The summed E-state index contributed by atoms with van der Waals surface area (Å²) in [6, 6.07) is 20.8. The fourth-order valence-electron chi connectivity index (χ4n) is 3.52. The normalized spacial score (nSPS) is 15.0. The van der Waals surface area contributed by atoms with E-state index in [9.17, 15) is 10.1 Å². The number of nitrogens with zero attached hydrogens (tertiary/aromatic N) is 3. The first-order valence-corrected chi connectivity index (χ1v) is 10.1. The van der Waals surface area contributed by atoms with Crippen molar-refractivity contribution < 1.29 is 4.79 Å². The molecule has 1 saturated heterocycles. The maximum Gasteiger partial charge on any atom is 0.266 e. The third-order valence-electron chi connectivity index (χ3n) is 5.15. The van der Waals surface area contributed by atoms with Crippen LogP contribution in [-0.2, 0) is 17.8 Å². The van der Waals surface area contributed by atoms with Gasteiger partial charge in [0.2, 0.25) is 0 Å². The van der Waals surface area contributed by atoms with E-state index in [2.05, 4.69) is 53.5 Å². The Morgan fingerprint density at radius 3 is 2.48 bits per heavy atom. The number of carbonyl (C=O) groups excluding carboxylic acids is 1. The molecule has 150 valence electrons. The zero-order valence-corrected chi connectivity index (χ0v) is 17.0. The Morgan fingerprint density at radius 1 is 1.07 bits per heavy atom. The molecule has 1 fully saturated rings. The highest BCUT2D eigenvalue weighted by Gasteiger charge is 2.23. The lowest BCUT2D eigenvalue weighted by Gasteiger charge is -2.34. The van der Waals surface area contributed by atoms with E-state index in [0.717, 1.165) is 26.1 Å². The molecule has 1 aliphatic rings. The number of piperazine rings is 1. The van der Waals surface area contributed by atoms with Crippen molar-refractivity contribution in [2.45, 2.75) is 19.9 Å². The lowest BCUT2D eigenvalue weighted by molar-refractivity contribution is -0.128. The number of hydrogen-bond acceptors (Lipinski definition) is 4. The standard InChI is InChI=1S/C24H28N4O/c1-20-6-5-9-21(16-20)10-11-26-18-23(17-25)24(29)28-14-12-27(13-15-28)19-22-7-3-2-4-8-22/h2-9,16,18,26H,10-15,19H2,1H3/b23-18-. The molecule has 0 unspecified atom stereocenters. The van der Waals surface area contributed by atoms with E-state index in [-0.39, 0.29) is 11.5 Å². The smallest absolute Gasteiger partial charge is 0.266 e. The molecule has 1 heterocycles. The molecule has 0 bridgehead atoms. The van der Waals surface area contributed by atoms with Crippen molar-refractivity contribution in [1.82, 2.24) is 15.1 Å². The van der Waals surface area contributed by atoms with Crippen molar-refractivity contribution in [3.63, 3.8) is 0 Å². The van der Waals surface area contributed by atoms with Gasteiger partial charge >= 0.3 is 0 Å². The topological polar surface area (TPSA) is 59.4 Å². The molecule has 0 atom stereocenters. The summed E-state index contributed by atoms with van der Waals surface area (Å²) in [6.45, 7) is 6.59. The van der Waals surface area contributed by atoms with Gasteiger partial charge in [-0.3, -0.25) is 9.69 Å². The molecule has 5 nitrogen and oxygen atoms in total. The summed E-state index contributed by atoms with van der Waals surface area (Å²) in [5.74, 6) is -0.185. The highest BCUT2D eigenvalue weighted by molar-refractivity contribution is 5.97. The van der Waals surface area contributed by atoms with Crippen molar-refractivity contribution in [3.05, 3.63) is 83.1 Å². The second kappa shape index (κ2) is 10.4. The van der Waals surface area contributed by atoms with E-state index >= 15 is 0 Å². The Kier molecular flexibility index (Phi) is 7.43. The number of amides is 1. The zero-order chi connectivity index (χ0) is 20.5. The molecule has 2 aromatic carbocycles. The van der Waals surface area contributed by atoms with Gasteiger partial charge in [0.25, 0.3) is 5.91 Å². The summed E-state index contributed by atoms with van der Waals surface area (Å²) in [4.78, 5) is 16.8. The van der Waals surface area contributed by atoms with E-state index in [1.165, 1.54) is 16.7 Å². The maximum absolute atomic E-state index is 12.7. The van der Waals surface area contributed by atoms with Crippen LogP contribution in [0.3, 0.4) is 0 Å². The Morgan fingerprint density at radius 2 is 1.79 bits per heavy atom. The van der Waals surface area contributed by atoms with Crippen LogP contribution in [0, 0.1) is 18.3 Å². The Hall–Kier alpha value is -3.10. The van der Waals surface area contributed by atoms with Gasteiger partial charge in [-0.2, -0.15) is 5.26 Å². The molecular formula is C24H28N4O. The van der Waals surface area contributed by atoms with E-state index in [1.807, 2.05) is 24.3 Å². The summed E-state index contributed by atoms with van der Waals surface area (Å²) in [5.41, 5.74) is 3.93. The number of aryl methyl sites for hydroxylation is 1. The monoisotopic (exact) mass is 388 g/mol. The summed E-state index contributed by atoms with van der Waals surface area (Å²) < 4.78 is 0. The van der Waals surface area contributed by atoms with Gasteiger partial charge in [-0.15, -0.1) is 0 Å². The summed E-state index contributed by atoms with van der Waals surface area (Å²) in [6.07, 6.45) is 2.41. The SMILES string of the molecule is Cc1cccc(CCN/C=C(/C#N)C(=O)N2CCN(Cc3ccccc3)CC2)c1. The minimum Gasteiger partial charge on any atom is -0.389 e. The molecule has 0 aromatic heterocycles. The molecule has 2 aromatic rings. The number of carbonyl (C=O) groups is 1. The minimum absolute atomic E-state index is 0.172. The Bertz CT molecular complexity index is 877. The number of nitrogens with one attached hydrogen (secondary N) is 1. The first-order valence-electron chi connectivity index (χ1n) is 10.1. The minimum atomic E-state index is -0.185. The highest BCUT2D eigenvalue weighted by Crippen LogP contribution is 2.11. The third kappa shape index (κ3) is 6.20. The molecule has 0 spiro atoms. The van der Waals surface area contributed by atoms with Crippen molar-refractivity contribution >= 4 is 5.91 Å². The molecule has 0 saturated carbocycles. The highest BCUT2D eigenvalue weighted by atomic mass is 16.2. The fourth-order valence-corrected chi connectivity index (χ4v) is 3.52. The molecular weight excluding hydrogens is 360 g/mol. The fraction of sp³-hybridized carbons (Fsp3) is 0.333. The van der Waals surface area contributed by atoms with Crippen molar-refractivity contribution in [3.8, 4) is 6.07 Å². The van der Waals surface area contributed by atoms with Crippen LogP contribution in [0.2, 0.25) is 0 Å². The average Bonchev–Trinajstić information content (AvgIpc) is 2.75. The van der Waals surface area contributed by atoms with Crippen LogP contribution in [0.15, 0.2) is 66.4 Å². The van der Waals surface area contributed by atoms with E-state index in [4.69, 9.17) is 0 Å². The van der Waals surface area contributed by atoms with Crippen LogP contribution in [0.25, 0.3) is 0 Å². The largest absolute Gasteiger partial charge is 0.389 e. The first kappa shape index (κ1) is 20.6. The summed E-state index contributed by atoms with van der Waals surface area (Å²) in [7, 11) is 0. The van der Waals surface area contributed by atoms with E-state index in [1.54, 1.807) is 11.1 Å². The average molecular weight is 389 g/mol. The summed E-state index contributed by atoms with van der Waals surface area (Å²) in [5, 5.41) is 12.5. The van der Waals surface area contributed by atoms with Crippen molar-refractivity contribution in [1.29, 1.82) is 5.26 Å². The van der Waals surface area contributed by atoms with Gasteiger partial charge in [0.15, 0.2) is 0 Å². The molecule has 0 aliphatic carbocycles. The molecule has 1 aliphatic heterocycles. The Balaban J connectivity index is 1.45. The third-order valence-corrected chi connectivity index (χ3v) is 5.15. The van der Waals surface area contributed by atoms with Gasteiger partial charge in [0, 0.05) is 45.5 Å². The van der Waals surface area contributed by atoms with Crippen LogP contribution < -0.4 is 5.32 Å². The van der Waals surface area contributed by atoms with Crippen LogP contribution >= 0.6 is 0 Å². The number of nitriles is 1. The quantitative estimate of drug-likeness (QED) is 0.450. The number of hydrogen-bond donors (Lipinski definition) is 1. The second-order valence-corrected chi connectivity index (χ2v) is 7.42. The van der Waals surface area contributed by atoms with Gasteiger partial charge in [0.1, 0.15) is 11.6 Å². The van der Waals surface area contributed by atoms with Crippen molar-refractivity contribution in [2.24, 2.45) is 0 Å². The second-order valence-electron chi connectivity index (χ2n) is 7.42. The van der Waals surface area contributed by atoms with Crippen LogP contribution in [0.5, 0.6) is 0 Å². The lowest BCUT2D eigenvalue weighted by Crippen LogP contribution is -2.48.